The van der Waals surface area contributed by atoms with E-state index in [1.807, 2.05) is 19.1 Å². The highest BCUT2D eigenvalue weighted by Gasteiger charge is 2.35. The maximum Gasteiger partial charge on any atom is 0.312 e. The van der Waals surface area contributed by atoms with E-state index in [0.29, 0.717) is 22.0 Å². The first-order valence-electron chi connectivity index (χ1n) is 8.38. The molecule has 0 bridgehead atoms. The van der Waals surface area contributed by atoms with Crippen molar-refractivity contribution in [1.82, 2.24) is 4.90 Å². The summed E-state index contributed by atoms with van der Waals surface area (Å²) in [7, 11) is 0. The van der Waals surface area contributed by atoms with Crippen LogP contribution >= 0.6 is 27.7 Å². The summed E-state index contributed by atoms with van der Waals surface area (Å²) in [4.78, 5) is 36.2. The Hall–Kier alpha value is -2.85. The minimum Gasteiger partial charge on any atom is -0.502 e. The average Bonchev–Trinajstić information content (AvgIpc) is 2.93. The zero-order chi connectivity index (χ0) is 21.1. The number of nitro groups is 1. The molecule has 8 nitrogen and oxygen atoms in total. The first-order chi connectivity index (χ1) is 13.8. The number of aryl methyl sites for hydroxylation is 1. The minimum atomic E-state index is -0.731. The molecule has 10 heteroatoms. The van der Waals surface area contributed by atoms with Crippen LogP contribution in [-0.4, -0.2) is 39.2 Å². The predicted molar refractivity (Wildman–Crippen MR) is 112 cm³/mol. The second kappa shape index (κ2) is 8.66. The third-order valence-electron chi connectivity index (χ3n) is 4.05. The molecule has 1 aliphatic heterocycles. The number of nitro benzene ring substituents is 1. The molecule has 0 unspecified atom stereocenters. The molecule has 3 rings (SSSR count). The van der Waals surface area contributed by atoms with Crippen LogP contribution in [0.25, 0.3) is 6.08 Å². The maximum absolute atomic E-state index is 12.6. The van der Waals surface area contributed by atoms with Crippen LogP contribution in [0.2, 0.25) is 0 Å². The van der Waals surface area contributed by atoms with Crippen LogP contribution in [0.3, 0.4) is 0 Å². The van der Waals surface area contributed by atoms with Crippen molar-refractivity contribution in [3.63, 3.8) is 0 Å². The summed E-state index contributed by atoms with van der Waals surface area (Å²) in [5, 5.41) is 20.7. The maximum atomic E-state index is 12.6. The zero-order valence-electron chi connectivity index (χ0n) is 15.1. The number of thioether (sulfide) groups is 1. The van der Waals surface area contributed by atoms with Gasteiger partial charge in [0, 0.05) is 16.1 Å². The van der Waals surface area contributed by atoms with Crippen molar-refractivity contribution in [3.8, 4) is 11.5 Å². The molecule has 0 radical (unpaired) electrons. The second-order valence-electron chi connectivity index (χ2n) is 6.11. The van der Waals surface area contributed by atoms with E-state index in [-0.39, 0.29) is 23.6 Å². The molecular weight excluding hydrogens is 464 g/mol. The molecule has 29 heavy (non-hydrogen) atoms. The third-order valence-corrected chi connectivity index (χ3v) is 5.41. The van der Waals surface area contributed by atoms with Gasteiger partial charge in [0.2, 0.25) is 5.75 Å². The fourth-order valence-electron chi connectivity index (χ4n) is 2.58. The third kappa shape index (κ3) is 4.77. The number of carbonyl (C=O) groups is 2. The lowest BCUT2D eigenvalue weighted by Gasteiger charge is -2.13. The van der Waals surface area contributed by atoms with Gasteiger partial charge in [0.1, 0.15) is 12.4 Å². The van der Waals surface area contributed by atoms with E-state index in [2.05, 4.69) is 15.9 Å². The fourth-order valence-corrected chi connectivity index (χ4v) is 3.90. The summed E-state index contributed by atoms with van der Waals surface area (Å²) in [5.74, 6) is -0.494. The molecule has 1 fully saturated rings. The largest absolute Gasteiger partial charge is 0.502 e. The van der Waals surface area contributed by atoms with Crippen molar-refractivity contribution in [2.45, 2.75) is 6.92 Å². The quantitative estimate of drug-likeness (QED) is 0.369. The van der Waals surface area contributed by atoms with Gasteiger partial charge in [0.15, 0.2) is 0 Å². The number of imide groups is 1. The van der Waals surface area contributed by atoms with Gasteiger partial charge in [0.25, 0.3) is 11.1 Å². The number of hydrogen-bond donors (Lipinski definition) is 1. The Morgan fingerprint density at radius 1 is 1.28 bits per heavy atom. The summed E-state index contributed by atoms with van der Waals surface area (Å²) in [6.45, 7) is 2.14. The van der Waals surface area contributed by atoms with Crippen LogP contribution in [0.4, 0.5) is 10.5 Å². The minimum absolute atomic E-state index is 0.0560. The molecule has 0 spiro atoms. The number of aromatic hydroxyl groups is 1. The number of ether oxygens (including phenoxy) is 1. The number of benzene rings is 2. The highest BCUT2D eigenvalue weighted by Crippen LogP contribution is 2.38. The molecule has 1 heterocycles. The van der Waals surface area contributed by atoms with E-state index in [4.69, 9.17) is 4.74 Å². The SMILES string of the molecule is Cc1ccc(OCCN2C(=O)S/C(=C\c3cc(Br)cc([N+](=O)[O-])c3O)C2=O)cc1. The van der Waals surface area contributed by atoms with Gasteiger partial charge in [-0.15, -0.1) is 0 Å². The van der Waals surface area contributed by atoms with E-state index in [0.717, 1.165) is 16.5 Å². The summed E-state index contributed by atoms with van der Waals surface area (Å²) in [5.41, 5.74) is 0.647. The Bertz CT molecular complexity index is 1020. The first-order valence-corrected chi connectivity index (χ1v) is 9.99. The number of phenols is 1. The van der Waals surface area contributed by atoms with Crippen LogP contribution in [0, 0.1) is 17.0 Å². The Morgan fingerprint density at radius 2 is 1.97 bits per heavy atom. The van der Waals surface area contributed by atoms with Gasteiger partial charge in [-0.05, 0) is 43.0 Å². The number of carbonyl (C=O) groups excluding carboxylic acids is 2. The monoisotopic (exact) mass is 478 g/mol. The van der Waals surface area contributed by atoms with Gasteiger partial charge in [-0.25, -0.2) is 0 Å². The van der Waals surface area contributed by atoms with Gasteiger partial charge >= 0.3 is 5.69 Å². The Morgan fingerprint density at radius 3 is 2.62 bits per heavy atom. The molecule has 0 aromatic heterocycles. The van der Waals surface area contributed by atoms with Crippen LogP contribution in [-0.2, 0) is 4.79 Å². The van der Waals surface area contributed by atoms with Gasteiger partial charge in [-0.1, -0.05) is 33.6 Å². The lowest BCUT2D eigenvalue weighted by Crippen LogP contribution is -2.32. The smallest absolute Gasteiger partial charge is 0.312 e. The number of rotatable bonds is 6. The van der Waals surface area contributed by atoms with Gasteiger partial charge in [0.05, 0.1) is 16.4 Å². The Labute approximate surface area is 178 Å². The van der Waals surface area contributed by atoms with Gasteiger partial charge in [-0.3, -0.25) is 24.6 Å². The van der Waals surface area contributed by atoms with Crippen LogP contribution in [0.1, 0.15) is 11.1 Å². The number of amides is 2. The summed E-state index contributed by atoms with van der Waals surface area (Å²) in [6.07, 6.45) is 1.26. The predicted octanol–water partition coefficient (Wildman–Crippen LogP) is 4.49. The average molecular weight is 479 g/mol. The second-order valence-corrected chi connectivity index (χ2v) is 8.02. The Kier molecular flexibility index (Phi) is 6.23. The Balaban J connectivity index is 1.73. The first kappa shape index (κ1) is 20.9. The van der Waals surface area contributed by atoms with Gasteiger partial charge in [-0.2, -0.15) is 0 Å². The summed E-state index contributed by atoms with van der Waals surface area (Å²) >= 11 is 3.83. The van der Waals surface area contributed by atoms with Crippen molar-refractivity contribution >= 4 is 50.6 Å². The van der Waals surface area contributed by atoms with E-state index < -0.39 is 27.5 Å². The van der Waals surface area contributed by atoms with E-state index in [1.165, 1.54) is 12.1 Å². The van der Waals surface area contributed by atoms with Crippen LogP contribution in [0.15, 0.2) is 45.8 Å². The van der Waals surface area contributed by atoms with E-state index in [1.54, 1.807) is 12.1 Å². The number of halogens is 1. The van der Waals surface area contributed by atoms with Crippen molar-refractivity contribution in [1.29, 1.82) is 0 Å². The molecule has 1 N–H and O–H groups in total. The molecule has 2 aromatic carbocycles. The molecule has 0 atom stereocenters. The number of nitrogens with zero attached hydrogens (tertiary/aromatic N) is 2. The summed E-state index contributed by atoms with van der Waals surface area (Å²) in [6, 6.07) is 9.96. The molecule has 0 saturated carbocycles. The van der Waals surface area contributed by atoms with Crippen molar-refractivity contribution in [3.05, 3.63) is 67.0 Å². The van der Waals surface area contributed by atoms with Crippen molar-refractivity contribution < 1.29 is 24.4 Å². The van der Waals surface area contributed by atoms with Crippen molar-refractivity contribution in [2.24, 2.45) is 0 Å². The van der Waals surface area contributed by atoms with Gasteiger partial charge < -0.3 is 9.84 Å². The van der Waals surface area contributed by atoms with E-state index in [9.17, 15) is 24.8 Å². The topological polar surface area (TPSA) is 110 Å². The summed E-state index contributed by atoms with van der Waals surface area (Å²) < 4.78 is 5.91. The molecule has 2 aromatic rings. The fraction of sp³-hybridized carbons (Fsp3) is 0.158. The lowest BCUT2D eigenvalue weighted by atomic mass is 10.1. The normalized spacial score (nSPS) is 15.2. The lowest BCUT2D eigenvalue weighted by molar-refractivity contribution is -0.385. The molecule has 0 aliphatic carbocycles. The van der Waals surface area contributed by atoms with E-state index >= 15 is 0 Å². The zero-order valence-corrected chi connectivity index (χ0v) is 17.5. The van der Waals surface area contributed by atoms with Crippen LogP contribution < -0.4 is 4.74 Å². The highest BCUT2D eigenvalue weighted by atomic mass is 79.9. The molecule has 1 saturated heterocycles. The standard InChI is InChI=1S/C19H15BrN2O6S/c1-11-2-4-14(5-3-11)28-7-6-21-18(24)16(29-19(21)25)9-12-8-13(20)10-15(17(12)23)22(26)27/h2-5,8-10,23H,6-7H2,1H3/b16-9-. The molecular formula is C19H15BrN2O6S. The molecule has 150 valence electrons. The van der Waals surface area contributed by atoms with Crippen molar-refractivity contribution in [2.75, 3.05) is 13.2 Å². The number of phenolic OH excluding ortho intramolecular Hbond substituents is 1. The molecule has 2 amide bonds. The highest BCUT2D eigenvalue weighted by molar-refractivity contribution is 9.10. The van der Waals surface area contributed by atoms with Crippen LogP contribution in [0.5, 0.6) is 11.5 Å². The molecule has 1 aliphatic rings. The number of hydrogen-bond acceptors (Lipinski definition) is 7.